The lowest BCUT2D eigenvalue weighted by Gasteiger charge is -2.24. The molecule has 4 heteroatoms. The van der Waals surface area contributed by atoms with Crippen molar-refractivity contribution in [2.45, 2.75) is 37.0 Å². The van der Waals surface area contributed by atoms with Crippen molar-refractivity contribution in [2.24, 2.45) is 0 Å². The highest BCUT2D eigenvalue weighted by atomic mass is 32.2. The zero-order valence-corrected chi connectivity index (χ0v) is 11.1. The topological polar surface area (TPSA) is 54.4 Å². The van der Waals surface area contributed by atoms with Gasteiger partial charge >= 0.3 is 5.97 Å². The molecule has 96 valence electrons. The van der Waals surface area contributed by atoms with Crippen LogP contribution < -0.4 is 0 Å². The van der Waals surface area contributed by atoms with Crippen LogP contribution in [-0.4, -0.2) is 22.6 Å². The number of carboxylic acids is 1. The Morgan fingerprint density at radius 1 is 1.44 bits per heavy atom. The average molecular weight is 264 g/mol. The van der Waals surface area contributed by atoms with Gasteiger partial charge in [0.1, 0.15) is 0 Å². The first-order valence-corrected chi connectivity index (χ1v) is 7.12. The third-order valence-corrected chi connectivity index (χ3v) is 4.36. The van der Waals surface area contributed by atoms with Crippen molar-refractivity contribution in [2.75, 3.05) is 5.75 Å². The molecule has 0 saturated heterocycles. The Hall–Kier alpha value is -1.29. The number of ketones is 1. The summed E-state index contributed by atoms with van der Waals surface area (Å²) in [4.78, 5) is 23.7. The fourth-order valence-electron chi connectivity index (χ4n) is 2.27. The Morgan fingerprint density at radius 3 is 2.89 bits per heavy atom. The van der Waals surface area contributed by atoms with Gasteiger partial charge in [-0.1, -0.05) is 13.0 Å². The predicted molar refractivity (Wildman–Crippen MR) is 71.4 cm³/mol. The molecule has 2 rings (SSSR count). The third-order valence-electron chi connectivity index (χ3n) is 3.24. The van der Waals surface area contributed by atoms with E-state index in [4.69, 9.17) is 5.11 Å². The van der Waals surface area contributed by atoms with Crippen LogP contribution in [-0.2, 0) is 4.79 Å². The van der Waals surface area contributed by atoms with Crippen molar-refractivity contribution in [1.29, 1.82) is 0 Å². The summed E-state index contributed by atoms with van der Waals surface area (Å²) in [6.45, 7) is 1.84. The smallest absolute Gasteiger partial charge is 0.303 e. The van der Waals surface area contributed by atoms with Crippen LogP contribution in [0.2, 0.25) is 0 Å². The molecule has 1 N–H and O–H groups in total. The van der Waals surface area contributed by atoms with E-state index in [1.54, 1.807) is 11.8 Å². The molecule has 1 aromatic carbocycles. The number of carboxylic acid groups (broad SMARTS) is 1. The van der Waals surface area contributed by atoms with E-state index < -0.39 is 5.97 Å². The van der Waals surface area contributed by atoms with Gasteiger partial charge in [0.05, 0.1) is 6.42 Å². The average Bonchev–Trinajstić information content (AvgIpc) is 2.37. The molecule has 1 aliphatic rings. The standard InChI is InChI=1S/C14H16O3S/c1-2-12(15)10-3-4-13-11(7-10)9(5-6-18-13)8-14(16)17/h3-4,7,9H,2,5-6,8H2,1H3,(H,16,17). The number of hydrogen-bond acceptors (Lipinski definition) is 3. The Kier molecular flexibility index (Phi) is 4.07. The zero-order valence-electron chi connectivity index (χ0n) is 10.3. The van der Waals surface area contributed by atoms with Gasteiger partial charge in [0, 0.05) is 16.9 Å². The zero-order chi connectivity index (χ0) is 13.1. The molecule has 0 fully saturated rings. The lowest BCUT2D eigenvalue weighted by Crippen LogP contribution is -2.13. The van der Waals surface area contributed by atoms with E-state index in [0.717, 1.165) is 22.6 Å². The minimum Gasteiger partial charge on any atom is -0.481 e. The lowest BCUT2D eigenvalue weighted by molar-refractivity contribution is -0.137. The van der Waals surface area contributed by atoms with Gasteiger partial charge in [-0.05, 0) is 35.8 Å². The quantitative estimate of drug-likeness (QED) is 0.847. The van der Waals surface area contributed by atoms with Crippen molar-refractivity contribution >= 4 is 23.5 Å². The van der Waals surface area contributed by atoms with Crippen molar-refractivity contribution in [3.63, 3.8) is 0 Å². The number of hydrogen-bond donors (Lipinski definition) is 1. The number of rotatable bonds is 4. The molecular weight excluding hydrogens is 248 g/mol. The number of carbonyl (C=O) groups is 2. The van der Waals surface area contributed by atoms with Crippen molar-refractivity contribution in [3.05, 3.63) is 29.3 Å². The molecule has 1 aliphatic heterocycles. The second kappa shape index (κ2) is 5.57. The molecule has 1 aromatic rings. The lowest BCUT2D eigenvalue weighted by atomic mass is 9.90. The number of carbonyl (C=O) groups excluding carboxylic acids is 1. The van der Waals surface area contributed by atoms with Gasteiger partial charge < -0.3 is 5.11 Å². The fraction of sp³-hybridized carbons (Fsp3) is 0.429. The Morgan fingerprint density at radius 2 is 2.22 bits per heavy atom. The van der Waals surface area contributed by atoms with E-state index in [0.29, 0.717) is 12.0 Å². The van der Waals surface area contributed by atoms with Crippen LogP contribution in [0.4, 0.5) is 0 Å². The molecule has 0 bridgehead atoms. The van der Waals surface area contributed by atoms with Crippen LogP contribution in [0.1, 0.15) is 48.0 Å². The van der Waals surface area contributed by atoms with Crippen molar-refractivity contribution < 1.29 is 14.7 Å². The second-order valence-corrected chi connectivity index (χ2v) is 5.60. The normalized spacial score (nSPS) is 18.2. The van der Waals surface area contributed by atoms with Gasteiger partial charge in [0.15, 0.2) is 5.78 Å². The van der Waals surface area contributed by atoms with Gasteiger partial charge in [-0.3, -0.25) is 9.59 Å². The van der Waals surface area contributed by atoms with Crippen LogP contribution in [0.25, 0.3) is 0 Å². The fourth-order valence-corrected chi connectivity index (χ4v) is 3.44. The summed E-state index contributed by atoms with van der Waals surface area (Å²) in [5.74, 6) is 0.335. The van der Waals surface area contributed by atoms with E-state index in [9.17, 15) is 9.59 Å². The molecule has 0 radical (unpaired) electrons. The van der Waals surface area contributed by atoms with E-state index in [1.165, 1.54) is 0 Å². The maximum Gasteiger partial charge on any atom is 0.303 e. The molecule has 0 aromatic heterocycles. The van der Waals surface area contributed by atoms with Crippen molar-refractivity contribution in [1.82, 2.24) is 0 Å². The number of thioether (sulfide) groups is 1. The van der Waals surface area contributed by atoms with Crippen LogP contribution in [0.5, 0.6) is 0 Å². The third kappa shape index (κ3) is 2.75. The summed E-state index contributed by atoms with van der Waals surface area (Å²) < 4.78 is 0. The highest BCUT2D eigenvalue weighted by Crippen LogP contribution is 2.39. The summed E-state index contributed by atoms with van der Waals surface area (Å²) >= 11 is 1.74. The molecule has 1 unspecified atom stereocenters. The predicted octanol–water partition coefficient (Wildman–Crippen LogP) is 3.33. The summed E-state index contributed by atoms with van der Waals surface area (Å²) in [5.41, 5.74) is 1.74. The van der Waals surface area contributed by atoms with Gasteiger partial charge in [0.25, 0.3) is 0 Å². The molecule has 3 nitrogen and oxygen atoms in total. The number of aliphatic carboxylic acids is 1. The van der Waals surface area contributed by atoms with E-state index in [1.807, 2.05) is 25.1 Å². The summed E-state index contributed by atoms with van der Waals surface area (Å²) in [6, 6.07) is 5.69. The Bertz CT molecular complexity index is 482. The van der Waals surface area contributed by atoms with Gasteiger partial charge in [-0.25, -0.2) is 0 Å². The minimum absolute atomic E-state index is 0.0448. The molecule has 1 heterocycles. The highest BCUT2D eigenvalue weighted by Gasteiger charge is 2.23. The maximum absolute atomic E-state index is 11.7. The van der Waals surface area contributed by atoms with E-state index >= 15 is 0 Å². The minimum atomic E-state index is -0.773. The first-order chi connectivity index (χ1) is 8.61. The number of benzene rings is 1. The summed E-state index contributed by atoms with van der Waals surface area (Å²) in [7, 11) is 0. The Labute approximate surface area is 111 Å². The maximum atomic E-state index is 11.7. The number of Topliss-reactive ketones (excluding diaryl/α,β-unsaturated/α-hetero) is 1. The van der Waals surface area contributed by atoms with Crippen molar-refractivity contribution in [3.8, 4) is 0 Å². The second-order valence-electron chi connectivity index (χ2n) is 4.46. The molecule has 0 spiro atoms. The summed E-state index contributed by atoms with van der Waals surface area (Å²) in [5, 5.41) is 8.94. The monoisotopic (exact) mass is 264 g/mol. The first kappa shape index (κ1) is 13.1. The van der Waals surface area contributed by atoms with Gasteiger partial charge in [-0.2, -0.15) is 0 Å². The molecule has 0 saturated carbocycles. The van der Waals surface area contributed by atoms with E-state index in [-0.39, 0.29) is 18.1 Å². The van der Waals surface area contributed by atoms with Gasteiger partial charge in [0.2, 0.25) is 0 Å². The first-order valence-electron chi connectivity index (χ1n) is 6.13. The number of fused-ring (bicyclic) bond motifs is 1. The SMILES string of the molecule is CCC(=O)c1ccc2c(c1)C(CC(=O)O)CCS2. The Balaban J connectivity index is 2.34. The van der Waals surface area contributed by atoms with Crippen LogP contribution in [0, 0.1) is 0 Å². The molecule has 1 atom stereocenters. The largest absolute Gasteiger partial charge is 0.481 e. The van der Waals surface area contributed by atoms with Crippen LogP contribution in [0.3, 0.4) is 0 Å². The van der Waals surface area contributed by atoms with E-state index in [2.05, 4.69) is 0 Å². The van der Waals surface area contributed by atoms with Crippen LogP contribution in [0.15, 0.2) is 23.1 Å². The summed E-state index contributed by atoms with van der Waals surface area (Å²) in [6.07, 6.45) is 1.50. The van der Waals surface area contributed by atoms with Crippen LogP contribution >= 0.6 is 11.8 Å². The highest BCUT2D eigenvalue weighted by molar-refractivity contribution is 7.99. The molecular formula is C14H16O3S. The van der Waals surface area contributed by atoms with Gasteiger partial charge in [-0.15, -0.1) is 11.8 Å². The molecule has 0 amide bonds. The molecule has 18 heavy (non-hydrogen) atoms. The molecule has 0 aliphatic carbocycles.